The lowest BCUT2D eigenvalue weighted by Crippen LogP contribution is -2.59. The monoisotopic (exact) mass is 244 g/mol. The van der Waals surface area contributed by atoms with Crippen LogP contribution in [0.1, 0.15) is 40.5 Å². The van der Waals surface area contributed by atoms with Gasteiger partial charge in [0.05, 0.1) is 0 Å². The van der Waals surface area contributed by atoms with Crippen LogP contribution in [-0.2, 0) is 9.53 Å². The van der Waals surface area contributed by atoms with Crippen molar-refractivity contribution in [1.82, 2.24) is 5.32 Å². The zero-order valence-corrected chi connectivity index (χ0v) is 10.8. The zero-order chi connectivity index (χ0) is 13.3. The van der Waals surface area contributed by atoms with Crippen LogP contribution in [0.3, 0.4) is 0 Å². The van der Waals surface area contributed by atoms with Gasteiger partial charge in [-0.05, 0) is 27.7 Å². The summed E-state index contributed by atoms with van der Waals surface area (Å²) in [6, 6.07) is 0. The summed E-state index contributed by atoms with van der Waals surface area (Å²) in [5.41, 5.74) is -0.275. The van der Waals surface area contributed by atoms with Crippen LogP contribution in [-0.4, -0.2) is 34.6 Å². The van der Waals surface area contributed by atoms with Gasteiger partial charge in [0.2, 0.25) is 0 Å². The quantitative estimate of drug-likeness (QED) is 0.457. The molecule has 1 fully saturated rings. The Morgan fingerprint density at radius 2 is 1.82 bits per heavy atom. The molecule has 6 heteroatoms. The fourth-order valence-corrected chi connectivity index (χ4v) is 2.64. The van der Waals surface area contributed by atoms with Crippen molar-refractivity contribution < 1.29 is 14.5 Å². The highest BCUT2D eigenvalue weighted by Gasteiger charge is 2.39. The number of rotatable bonds is 3. The molecule has 6 nitrogen and oxygen atoms in total. The summed E-state index contributed by atoms with van der Waals surface area (Å²) in [5, 5.41) is 13.6. The van der Waals surface area contributed by atoms with Crippen molar-refractivity contribution in [2.45, 2.75) is 57.7 Å². The van der Waals surface area contributed by atoms with E-state index in [0.29, 0.717) is 12.8 Å². The number of hydrogen-bond donors (Lipinski definition) is 1. The van der Waals surface area contributed by atoms with Crippen LogP contribution >= 0.6 is 0 Å². The Kier molecular flexibility index (Phi) is 3.76. The molecule has 0 unspecified atom stereocenters. The SMILES string of the molecule is CC1(C)CC(OC(=O)C[N+](=O)[O-])CC(C)(C)N1. The third-order valence-corrected chi connectivity index (χ3v) is 2.71. The van der Waals surface area contributed by atoms with Gasteiger partial charge in [-0.3, -0.25) is 10.1 Å². The fourth-order valence-electron chi connectivity index (χ4n) is 2.64. The van der Waals surface area contributed by atoms with E-state index in [1.807, 2.05) is 27.7 Å². The molecule has 1 saturated heterocycles. The van der Waals surface area contributed by atoms with Crippen LogP contribution in [0.4, 0.5) is 0 Å². The molecule has 1 rings (SSSR count). The van der Waals surface area contributed by atoms with Gasteiger partial charge in [0.25, 0.3) is 6.54 Å². The molecule has 0 aliphatic carbocycles. The highest BCUT2D eigenvalue weighted by molar-refractivity contribution is 5.70. The number of piperidine rings is 1. The molecule has 1 heterocycles. The molecule has 17 heavy (non-hydrogen) atoms. The molecule has 0 atom stereocenters. The number of carbonyl (C=O) groups excluding carboxylic acids is 1. The predicted molar refractivity (Wildman–Crippen MR) is 62.3 cm³/mol. The lowest BCUT2D eigenvalue weighted by atomic mass is 9.81. The summed E-state index contributed by atoms with van der Waals surface area (Å²) in [4.78, 5) is 20.8. The average Bonchev–Trinajstić information content (AvgIpc) is 1.93. The van der Waals surface area contributed by atoms with Gasteiger partial charge in [0.1, 0.15) is 6.10 Å². The van der Waals surface area contributed by atoms with Crippen LogP contribution in [0.5, 0.6) is 0 Å². The minimum atomic E-state index is -0.759. The molecule has 0 radical (unpaired) electrons. The number of carbonyl (C=O) groups is 1. The van der Waals surface area contributed by atoms with E-state index in [0.717, 1.165) is 0 Å². The van der Waals surface area contributed by atoms with Gasteiger partial charge < -0.3 is 10.1 Å². The molecule has 98 valence electrons. The smallest absolute Gasteiger partial charge is 0.378 e. The molecule has 0 saturated carbocycles. The van der Waals surface area contributed by atoms with Gasteiger partial charge in [0, 0.05) is 28.8 Å². The summed E-state index contributed by atoms with van der Waals surface area (Å²) < 4.78 is 5.15. The van der Waals surface area contributed by atoms with Crippen molar-refractivity contribution in [1.29, 1.82) is 0 Å². The Hall–Kier alpha value is -1.17. The zero-order valence-electron chi connectivity index (χ0n) is 10.8. The number of esters is 1. The third-order valence-electron chi connectivity index (χ3n) is 2.71. The standard InChI is InChI=1S/C11H20N2O4/c1-10(2)5-8(6-11(3,4)12-10)17-9(14)7-13(15)16/h8,12H,5-7H2,1-4H3. The molecule has 1 aliphatic rings. The first-order chi connectivity index (χ1) is 7.60. The van der Waals surface area contributed by atoms with Crippen LogP contribution < -0.4 is 5.32 Å². The first-order valence-corrected chi connectivity index (χ1v) is 5.70. The van der Waals surface area contributed by atoms with E-state index < -0.39 is 17.4 Å². The molecule has 0 aromatic heterocycles. The molecule has 0 aromatic carbocycles. The van der Waals surface area contributed by atoms with E-state index >= 15 is 0 Å². The maximum Gasteiger partial charge on any atom is 0.378 e. The number of nitrogens with one attached hydrogen (secondary N) is 1. The molecular weight excluding hydrogens is 224 g/mol. The molecular formula is C11H20N2O4. The summed E-state index contributed by atoms with van der Waals surface area (Å²) >= 11 is 0. The van der Waals surface area contributed by atoms with Gasteiger partial charge in [0.15, 0.2) is 0 Å². The summed E-state index contributed by atoms with van der Waals surface area (Å²) in [6.45, 7) is 7.36. The molecule has 0 bridgehead atoms. The van der Waals surface area contributed by atoms with E-state index in [9.17, 15) is 14.9 Å². The van der Waals surface area contributed by atoms with Crippen molar-refractivity contribution in [3.63, 3.8) is 0 Å². The lowest BCUT2D eigenvalue weighted by Gasteiger charge is -2.45. The number of nitro groups is 1. The van der Waals surface area contributed by atoms with E-state index in [1.54, 1.807) is 0 Å². The van der Waals surface area contributed by atoms with Gasteiger partial charge >= 0.3 is 5.97 Å². The Balaban J connectivity index is 2.59. The van der Waals surface area contributed by atoms with E-state index in [4.69, 9.17) is 4.74 Å². The Labute approximate surface area is 101 Å². The Bertz CT molecular complexity index is 309. The van der Waals surface area contributed by atoms with Crippen LogP contribution in [0.25, 0.3) is 0 Å². The van der Waals surface area contributed by atoms with Gasteiger partial charge in [-0.2, -0.15) is 0 Å². The minimum absolute atomic E-state index is 0.138. The lowest BCUT2D eigenvalue weighted by molar-refractivity contribution is -0.470. The molecule has 1 aliphatic heterocycles. The first kappa shape index (κ1) is 13.9. The average molecular weight is 244 g/mol. The molecule has 0 aromatic rings. The number of ether oxygens (including phenoxy) is 1. The predicted octanol–water partition coefficient (Wildman–Crippen LogP) is 1.12. The molecule has 0 amide bonds. The van der Waals surface area contributed by atoms with Crippen LogP contribution in [0.2, 0.25) is 0 Å². The van der Waals surface area contributed by atoms with Crippen LogP contribution in [0, 0.1) is 10.1 Å². The Morgan fingerprint density at radius 1 is 1.35 bits per heavy atom. The normalized spacial score (nSPS) is 23.1. The highest BCUT2D eigenvalue weighted by Crippen LogP contribution is 2.30. The highest BCUT2D eigenvalue weighted by atomic mass is 16.6. The molecule has 1 N–H and O–H groups in total. The second-order valence-corrected chi connectivity index (χ2v) is 5.90. The summed E-state index contributed by atoms with van der Waals surface area (Å²) in [6.07, 6.45) is 1.08. The minimum Gasteiger partial charge on any atom is -0.457 e. The van der Waals surface area contributed by atoms with E-state index in [-0.39, 0.29) is 17.2 Å². The third kappa shape index (κ3) is 4.68. The number of hydrogen-bond acceptors (Lipinski definition) is 5. The summed E-state index contributed by atoms with van der Waals surface area (Å²) in [7, 11) is 0. The largest absolute Gasteiger partial charge is 0.457 e. The van der Waals surface area contributed by atoms with Crippen molar-refractivity contribution in [2.75, 3.05) is 6.54 Å². The van der Waals surface area contributed by atoms with Gasteiger partial charge in [-0.15, -0.1) is 0 Å². The second-order valence-electron chi connectivity index (χ2n) is 5.90. The van der Waals surface area contributed by atoms with Gasteiger partial charge in [-0.1, -0.05) is 0 Å². The maximum absolute atomic E-state index is 11.3. The topological polar surface area (TPSA) is 81.5 Å². The number of nitrogens with zero attached hydrogens (tertiary/aromatic N) is 1. The maximum atomic E-state index is 11.3. The summed E-state index contributed by atoms with van der Waals surface area (Å²) in [5.74, 6) is -0.756. The van der Waals surface area contributed by atoms with Gasteiger partial charge in [-0.25, -0.2) is 4.79 Å². The van der Waals surface area contributed by atoms with Crippen LogP contribution in [0.15, 0.2) is 0 Å². The van der Waals surface area contributed by atoms with Crippen molar-refractivity contribution in [3.05, 3.63) is 10.1 Å². The molecule has 0 spiro atoms. The second kappa shape index (κ2) is 4.60. The van der Waals surface area contributed by atoms with E-state index in [2.05, 4.69) is 5.32 Å². The first-order valence-electron chi connectivity index (χ1n) is 5.70. The fraction of sp³-hybridized carbons (Fsp3) is 0.909. The van der Waals surface area contributed by atoms with Crippen molar-refractivity contribution in [3.8, 4) is 0 Å². The van der Waals surface area contributed by atoms with E-state index in [1.165, 1.54) is 0 Å². The van der Waals surface area contributed by atoms with Crippen molar-refractivity contribution in [2.24, 2.45) is 0 Å². The van der Waals surface area contributed by atoms with Crippen molar-refractivity contribution >= 4 is 5.97 Å². The Morgan fingerprint density at radius 3 is 2.24 bits per heavy atom.